The van der Waals surface area contributed by atoms with Crippen LogP contribution in [0.15, 0.2) is 0 Å². The summed E-state index contributed by atoms with van der Waals surface area (Å²) < 4.78 is 0. The Hall–Kier alpha value is 1.03. The number of hydrogen-bond acceptors (Lipinski definition) is 1. The van der Waals surface area contributed by atoms with Gasteiger partial charge in [0.1, 0.15) is 0 Å². The molecule has 6 heavy (non-hydrogen) atoms. The summed E-state index contributed by atoms with van der Waals surface area (Å²) in [6.45, 7) is 0.653. The van der Waals surface area contributed by atoms with Crippen molar-refractivity contribution in [2.45, 2.75) is 0 Å². The van der Waals surface area contributed by atoms with E-state index in [9.17, 15) is 0 Å². The van der Waals surface area contributed by atoms with Crippen LogP contribution in [-0.4, -0.2) is 5.11 Å². The second-order valence-electron chi connectivity index (χ2n) is 0.296. The molecule has 1 N–H and O–H groups in total. The first-order valence-electron chi connectivity index (χ1n) is 0.836. The predicted octanol–water partition coefficient (Wildman–Crippen LogP) is 0.151. The van der Waals surface area contributed by atoms with E-state index in [1.807, 2.05) is 5.92 Å². The molecule has 0 fully saturated rings. The van der Waals surface area contributed by atoms with Crippen LogP contribution in [0.25, 0.3) is 0 Å². The fraction of sp³-hybridized carbons (Fsp3) is 0. The molecule has 1 radical (unpaired) electrons. The monoisotopic (exact) mass is 344 g/mol. The van der Waals surface area contributed by atoms with Crippen LogP contribution in [-0.2, 0) is 18.6 Å². The van der Waals surface area contributed by atoms with E-state index >= 15 is 0 Å². The summed E-state index contributed by atoms with van der Waals surface area (Å²) in [5, 5.41) is 7.51. The van der Waals surface area contributed by atoms with Gasteiger partial charge in [-0.15, -0.1) is 0 Å². The molecule has 3 heteroatoms. The fourth-order valence-corrected chi connectivity index (χ4v) is 0. The molecular formula is C3H3OUV-. The van der Waals surface area contributed by atoms with Gasteiger partial charge in [0.2, 0.25) is 0 Å². The van der Waals surface area contributed by atoms with E-state index in [1.165, 1.54) is 0 Å². The van der Waals surface area contributed by atoms with Crippen molar-refractivity contribution in [1.29, 1.82) is 0 Å². The minimum absolute atomic E-state index is 0. The summed E-state index contributed by atoms with van der Waals surface area (Å²) in [7, 11) is 0. The second-order valence-corrected chi connectivity index (χ2v) is 0.296. The molecule has 1 nitrogen and oxygen atoms in total. The zero-order valence-corrected chi connectivity index (χ0v) is 8.61. The molecule has 0 aliphatic rings. The van der Waals surface area contributed by atoms with Crippen LogP contribution in [0.2, 0.25) is 0 Å². The third kappa shape index (κ3) is 19.8. The van der Waals surface area contributed by atoms with Gasteiger partial charge in [-0.1, -0.05) is 6.61 Å². The van der Waals surface area contributed by atoms with Crippen LogP contribution >= 0.6 is 0 Å². The van der Waals surface area contributed by atoms with Gasteiger partial charge in [-0.2, -0.15) is 0 Å². The number of aliphatic hydroxyl groups is 1. The van der Waals surface area contributed by atoms with Gasteiger partial charge in [0.05, 0.1) is 0 Å². The topological polar surface area (TPSA) is 20.2 Å². The van der Waals surface area contributed by atoms with Crippen LogP contribution in [0.1, 0.15) is 0 Å². The maximum Gasteiger partial charge on any atom is 0 e. The maximum atomic E-state index is 7.51. The van der Waals surface area contributed by atoms with E-state index < -0.39 is 0 Å². The van der Waals surface area contributed by atoms with Gasteiger partial charge in [-0.05, 0) is 0 Å². The summed E-state index contributed by atoms with van der Waals surface area (Å²) >= 11 is 0. The average Bonchev–Trinajstić information content (AvgIpc) is 1.37. The van der Waals surface area contributed by atoms with Crippen molar-refractivity contribution in [3.63, 3.8) is 0 Å². The predicted molar refractivity (Wildman–Crippen MR) is 15.1 cm³/mol. The van der Waals surface area contributed by atoms with Crippen molar-refractivity contribution < 1.29 is 54.8 Å². The molecule has 0 aliphatic heterocycles. The summed E-state index contributed by atoms with van der Waals surface area (Å²) in [5.41, 5.74) is 0. The van der Waals surface area contributed by atoms with E-state index in [2.05, 4.69) is 6.42 Å². The van der Waals surface area contributed by atoms with Crippen LogP contribution < -0.4 is 0 Å². The molecule has 0 amide bonds. The SMILES string of the molecule is C#C[CH-]O.[U].[V]. The van der Waals surface area contributed by atoms with E-state index in [4.69, 9.17) is 5.11 Å². The number of terminal acetylenes is 1. The zero-order chi connectivity index (χ0) is 3.41. The third-order valence-corrected chi connectivity index (χ3v) is 0.0745. The van der Waals surface area contributed by atoms with Crippen molar-refractivity contribution >= 4 is 0 Å². The minimum atomic E-state index is 0. The van der Waals surface area contributed by atoms with Crippen LogP contribution in [0.4, 0.5) is 0 Å². The molecule has 0 saturated heterocycles. The molecule has 0 aromatic rings. The van der Waals surface area contributed by atoms with E-state index in [0.29, 0.717) is 6.61 Å². The molecule has 0 aromatic heterocycles. The summed E-state index contributed by atoms with van der Waals surface area (Å²) in [6.07, 6.45) is 4.47. The molecule has 31 valence electrons. The molecule has 0 spiro atoms. The van der Waals surface area contributed by atoms with E-state index in [1.54, 1.807) is 0 Å². The molecule has 0 rings (SSSR count). The van der Waals surface area contributed by atoms with E-state index in [-0.39, 0.29) is 49.7 Å². The molecule has 0 aliphatic carbocycles. The van der Waals surface area contributed by atoms with Crippen molar-refractivity contribution in [3.05, 3.63) is 6.61 Å². The first kappa shape index (κ1) is 15.7. The zero-order valence-electron chi connectivity index (χ0n) is 3.05. The van der Waals surface area contributed by atoms with Gasteiger partial charge in [-0.25, -0.2) is 0 Å². The summed E-state index contributed by atoms with van der Waals surface area (Å²) in [6, 6.07) is 0. The molecule has 0 atom stereocenters. The normalized spacial score (nSPS) is 2.67. The van der Waals surface area contributed by atoms with Gasteiger partial charge in [0.15, 0.2) is 0 Å². The Labute approximate surface area is 73.2 Å². The average molecular weight is 344 g/mol. The van der Waals surface area contributed by atoms with Gasteiger partial charge < -0.3 is 11.5 Å². The maximum absolute atomic E-state index is 7.51. The van der Waals surface area contributed by atoms with Crippen LogP contribution in [0.5, 0.6) is 0 Å². The Morgan fingerprint density at radius 3 is 1.83 bits per heavy atom. The van der Waals surface area contributed by atoms with Gasteiger partial charge in [-0.3, -0.25) is 5.92 Å². The Kier molecular flexibility index (Phi) is 43.6. The third-order valence-electron chi connectivity index (χ3n) is 0.0745. The van der Waals surface area contributed by atoms with Crippen molar-refractivity contribution in [2.24, 2.45) is 0 Å². The first-order chi connectivity index (χ1) is 1.91. The number of rotatable bonds is 0. The second kappa shape index (κ2) is 16.6. The molecule has 0 saturated carbocycles. The Balaban J connectivity index is -0.0000000450. The molecule has 0 unspecified atom stereocenters. The molecule has 0 aromatic carbocycles. The minimum Gasteiger partial charge on any atom is -0.449 e. The molecular weight excluding hydrogens is 341 g/mol. The first-order valence-corrected chi connectivity index (χ1v) is 0.836. The quantitative estimate of drug-likeness (QED) is 0.490. The largest absolute Gasteiger partial charge is 0.449 e. The van der Waals surface area contributed by atoms with Crippen LogP contribution in [0.3, 0.4) is 0 Å². The summed E-state index contributed by atoms with van der Waals surface area (Å²) in [4.78, 5) is 0. The number of aliphatic hydroxyl groups excluding tert-OH is 1. The van der Waals surface area contributed by atoms with Gasteiger partial charge >= 0.3 is 0 Å². The van der Waals surface area contributed by atoms with Crippen LogP contribution in [0, 0.1) is 50.1 Å². The Bertz CT molecular complexity index is 40.5. The molecule has 0 heterocycles. The standard InChI is InChI=1S/C3H3O.U.V/c1-2-3-4;;/h1,3-4H;;/q-1;;. The number of hydrogen-bond donors (Lipinski definition) is 1. The van der Waals surface area contributed by atoms with Gasteiger partial charge in [0.25, 0.3) is 0 Å². The Morgan fingerprint density at radius 2 is 1.83 bits per heavy atom. The van der Waals surface area contributed by atoms with Crippen molar-refractivity contribution in [2.75, 3.05) is 0 Å². The Morgan fingerprint density at radius 1 is 1.67 bits per heavy atom. The molecule has 0 bridgehead atoms. The van der Waals surface area contributed by atoms with Gasteiger partial charge in [0, 0.05) is 49.7 Å². The van der Waals surface area contributed by atoms with Crippen molar-refractivity contribution in [3.8, 4) is 12.3 Å². The summed E-state index contributed by atoms with van der Waals surface area (Å²) in [5.74, 6) is 1.86. The smallest absolute Gasteiger partial charge is 0 e. The van der Waals surface area contributed by atoms with Crippen molar-refractivity contribution in [1.82, 2.24) is 0 Å². The van der Waals surface area contributed by atoms with E-state index in [0.717, 1.165) is 0 Å². The fourth-order valence-electron chi connectivity index (χ4n) is 0.